The van der Waals surface area contributed by atoms with Gasteiger partial charge in [-0.15, -0.1) is 0 Å². The Balaban J connectivity index is 1.75. The molecule has 0 heterocycles. The van der Waals surface area contributed by atoms with E-state index in [2.05, 4.69) is 0 Å². The lowest BCUT2D eigenvalue weighted by Crippen LogP contribution is -2.34. The van der Waals surface area contributed by atoms with Crippen LogP contribution in [0.5, 0.6) is 0 Å². The predicted molar refractivity (Wildman–Crippen MR) is 101 cm³/mol. The van der Waals surface area contributed by atoms with Crippen LogP contribution in [-0.2, 0) is 19.2 Å². The second-order valence-electron chi connectivity index (χ2n) is 7.13. The van der Waals surface area contributed by atoms with Gasteiger partial charge in [-0.05, 0) is 25.7 Å². The summed E-state index contributed by atoms with van der Waals surface area (Å²) in [5.41, 5.74) is 0. The molecule has 0 spiro atoms. The fourth-order valence-electron chi connectivity index (χ4n) is 4.04. The Morgan fingerprint density at radius 1 is 0.615 bits per heavy atom. The van der Waals surface area contributed by atoms with Gasteiger partial charge in [-0.2, -0.15) is 0 Å². The Labute approximate surface area is 161 Å². The van der Waals surface area contributed by atoms with Gasteiger partial charge in [-0.1, -0.05) is 47.3 Å². The zero-order valence-electron chi connectivity index (χ0n) is 14.7. The second-order valence-corrected chi connectivity index (χ2v) is 9.59. The van der Waals surface area contributed by atoms with E-state index in [1.54, 1.807) is 0 Å². The fourth-order valence-corrected chi connectivity index (χ4v) is 6.06. The van der Waals surface area contributed by atoms with Gasteiger partial charge in [0.05, 0.1) is 23.3 Å². The van der Waals surface area contributed by atoms with Crippen LogP contribution < -0.4 is 0 Å². The van der Waals surface area contributed by atoms with Crippen LogP contribution in [0.1, 0.15) is 51.4 Å². The van der Waals surface area contributed by atoms with Crippen LogP contribution in [0.3, 0.4) is 0 Å². The molecular formula is C18H26O6S2. The maximum absolute atomic E-state index is 12.3. The lowest BCUT2D eigenvalue weighted by Gasteiger charge is -2.27. The topological polar surface area (TPSA) is 109 Å². The first-order chi connectivity index (χ1) is 12.4. The molecule has 2 rings (SSSR count). The Morgan fingerprint density at radius 3 is 1.23 bits per heavy atom. The molecule has 2 fully saturated rings. The van der Waals surface area contributed by atoms with Crippen molar-refractivity contribution in [1.82, 2.24) is 0 Å². The molecule has 146 valence electrons. The lowest BCUT2D eigenvalue weighted by atomic mass is 9.77. The molecule has 0 bridgehead atoms. The van der Waals surface area contributed by atoms with E-state index >= 15 is 0 Å². The summed E-state index contributed by atoms with van der Waals surface area (Å²) < 4.78 is 0. The number of carbonyl (C=O) groups is 4. The number of carboxylic acid groups (broad SMARTS) is 2. The molecule has 0 aromatic carbocycles. The van der Waals surface area contributed by atoms with Crippen LogP contribution in [0.25, 0.3) is 0 Å². The van der Waals surface area contributed by atoms with E-state index in [1.807, 2.05) is 0 Å². The molecule has 0 amide bonds. The standard InChI is InChI=1S/C18H26O6S2/c19-15(11-5-1-3-7-13(11)17(21)22)9-25-26-10-16(20)12-6-2-4-8-14(12)18(23)24/h11-14H,1-10H2,(H,21,22)(H,23,24)/t11-,12?,13-,14?/m1/s1. The van der Waals surface area contributed by atoms with E-state index in [4.69, 9.17) is 0 Å². The highest BCUT2D eigenvalue weighted by atomic mass is 33.1. The number of carboxylic acids is 2. The van der Waals surface area contributed by atoms with Crippen LogP contribution >= 0.6 is 21.6 Å². The van der Waals surface area contributed by atoms with Gasteiger partial charge in [0.1, 0.15) is 11.6 Å². The molecule has 8 heteroatoms. The molecule has 0 aromatic heterocycles. The SMILES string of the molecule is O=C(O)C1CCCCC1C(=O)CSSCC(=O)[C@@H]1CCCC[C@H]1C(=O)O. The molecule has 0 radical (unpaired) electrons. The molecule has 2 aliphatic carbocycles. The van der Waals surface area contributed by atoms with Gasteiger partial charge in [0.15, 0.2) is 0 Å². The van der Waals surface area contributed by atoms with E-state index in [1.165, 1.54) is 21.6 Å². The molecule has 6 nitrogen and oxygen atoms in total. The first-order valence-electron chi connectivity index (χ1n) is 9.17. The Kier molecular flexibility index (Phi) is 8.47. The molecule has 2 saturated carbocycles. The van der Waals surface area contributed by atoms with Crippen LogP contribution in [0.4, 0.5) is 0 Å². The highest BCUT2D eigenvalue weighted by Crippen LogP contribution is 2.35. The van der Waals surface area contributed by atoms with Crippen molar-refractivity contribution in [2.75, 3.05) is 11.5 Å². The normalized spacial score (nSPS) is 29.1. The predicted octanol–water partition coefficient (Wildman–Crippen LogP) is 3.29. The minimum Gasteiger partial charge on any atom is -0.481 e. The van der Waals surface area contributed by atoms with Crippen molar-refractivity contribution in [3.63, 3.8) is 0 Å². The van der Waals surface area contributed by atoms with E-state index < -0.39 is 35.6 Å². The number of rotatable bonds is 9. The first kappa shape index (κ1) is 21.3. The first-order valence-corrected chi connectivity index (χ1v) is 11.7. The number of ketones is 2. The molecule has 4 atom stereocenters. The van der Waals surface area contributed by atoms with E-state index in [9.17, 15) is 29.4 Å². The smallest absolute Gasteiger partial charge is 0.307 e. The average molecular weight is 403 g/mol. The maximum Gasteiger partial charge on any atom is 0.307 e. The van der Waals surface area contributed by atoms with Crippen molar-refractivity contribution in [2.45, 2.75) is 51.4 Å². The zero-order valence-corrected chi connectivity index (χ0v) is 16.4. The van der Waals surface area contributed by atoms with E-state index in [0.717, 1.165) is 25.7 Å². The molecular weight excluding hydrogens is 376 g/mol. The van der Waals surface area contributed by atoms with Crippen molar-refractivity contribution >= 4 is 45.1 Å². The third-order valence-electron chi connectivity index (χ3n) is 5.48. The summed E-state index contributed by atoms with van der Waals surface area (Å²) in [7, 11) is 2.55. The minimum absolute atomic E-state index is 0.0527. The summed E-state index contributed by atoms with van der Waals surface area (Å²) in [5, 5.41) is 18.5. The summed E-state index contributed by atoms with van der Waals surface area (Å²) in [5.74, 6) is -3.51. The molecule has 0 aliphatic heterocycles. The van der Waals surface area contributed by atoms with Crippen molar-refractivity contribution < 1.29 is 29.4 Å². The van der Waals surface area contributed by atoms with E-state index in [-0.39, 0.29) is 23.1 Å². The average Bonchev–Trinajstić information content (AvgIpc) is 2.64. The number of hydrogen-bond donors (Lipinski definition) is 2. The molecule has 2 unspecified atom stereocenters. The van der Waals surface area contributed by atoms with Gasteiger partial charge in [-0.3, -0.25) is 19.2 Å². The fraction of sp³-hybridized carbons (Fsp3) is 0.778. The van der Waals surface area contributed by atoms with Crippen LogP contribution in [0.15, 0.2) is 0 Å². The molecule has 2 N–H and O–H groups in total. The van der Waals surface area contributed by atoms with Gasteiger partial charge in [0, 0.05) is 11.8 Å². The maximum atomic E-state index is 12.3. The third kappa shape index (κ3) is 5.74. The van der Waals surface area contributed by atoms with Gasteiger partial charge < -0.3 is 10.2 Å². The van der Waals surface area contributed by atoms with Gasteiger partial charge in [0.25, 0.3) is 0 Å². The van der Waals surface area contributed by atoms with Gasteiger partial charge in [-0.25, -0.2) is 0 Å². The van der Waals surface area contributed by atoms with Gasteiger partial charge >= 0.3 is 11.9 Å². The van der Waals surface area contributed by atoms with Crippen LogP contribution in [0.2, 0.25) is 0 Å². The van der Waals surface area contributed by atoms with Crippen LogP contribution in [0, 0.1) is 23.7 Å². The molecule has 0 saturated heterocycles. The summed E-state index contributed by atoms with van der Waals surface area (Å²) in [6.45, 7) is 0. The third-order valence-corrected chi connectivity index (χ3v) is 7.66. The van der Waals surface area contributed by atoms with E-state index in [0.29, 0.717) is 25.7 Å². The van der Waals surface area contributed by atoms with Crippen molar-refractivity contribution in [3.05, 3.63) is 0 Å². The summed E-state index contributed by atoms with van der Waals surface area (Å²) in [6.07, 6.45) is 5.83. The number of Topliss-reactive ketones (excluding diaryl/α,β-unsaturated/α-hetero) is 2. The van der Waals surface area contributed by atoms with Crippen LogP contribution in [-0.4, -0.2) is 45.2 Å². The highest BCUT2D eigenvalue weighted by Gasteiger charge is 2.36. The Hall–Kier alpha value is -1.02. The number of aliphatic carboxylic acids is 2. The molecule has 26 heavy (non-hydrogen) atoms. The Morgan fingerprint density at radius 2 is 0.923 bits per heavy atom. The zero-order chi connectivity index (χ0) is 19.1. The second kappa shape index (κ2) is 10.3. The highest BCUT2D eigenvalue weighted by molar-refractivity contribution is 8.77. The van der Waals surface area contributed by atoms with Crippen molar-refractivity contribution in [2.24, 2.45) is 23.7 Å². The van der Waals surface area contributed by atoms with Crippen molar-refractivity contribution in [1.29, 1.82) is 0 Å². The Bertz CT molecular complexity index is 502. The minimum atomic E-state index is -0.895. The van der Waals surface area contributed by atoms with Crippen molar-refractivity contribution in [3.8, 4) is 0 Å². The quantitative estimate of drug-likeness (QED) is 0.447. The molecule has 2 aliphatic rings. The number of carbonyl (C=O) groups excluding carboxylic acids is 2. The monoisotopic (exact) mass is 402 g/mol. The lowest BCUT2D eigenvalue weighted by molar-refractivity contribution is -0.148. The largest absolute Gasteiger partial charge is 0.481 e. The summed E-state index contributed by atoms with van der Waals surface area (Å²) >= 11 is 0. The van der Waals surface area contributed by atoms with Gasteiger partial charge in [0.2, 0.25) is 0 Å². The summed E-state index contributed by atoms with van der Waals surface area (Å²) in [4.78, 5) is 47.3. The number of hydrogen-bond acceptors (Lipinski definition) is 6. The summed E-state index contributed by atoms with van der Waals surface area (Å²) in [6, 6.07) is 0. The molecule has 0 aromatic rings.